The zero-order valence-corrected chi connectivity index (χ0v) is 12.3. The van der Waals surface area contributed by atoms with Crippen molar-refractivity contribution < 1.29 is 14.7 Å². The van der Waals surface area contributed by atoms with Gasteiger partial charge in [0.2, 0.25) is 5.91 Å². The lowest BCUT2D eigenvalue weighted by molar-refractivity contribution is -0.128. The molecule has 112 valence electrons. The van der Waals surface area contributed by atoms with E-state index in [0.29, 0.717) is 24.0 Å². The van der Waals surface area contributed by atoms with Crippen molar-refractivity contribution in [1.82, 2.24) is 10.2 Å². The van der Waals surface area contributed by atoms with Gasteiger partial charge in [-0.1, -0.05) is 11.6 Å². The van der Waals surface area contributed by atoms with Gasteiger partial charge in [-0.25, -0.2) is 0 Å². The molecular weight excluding hydrogens is 292 g/mol. The zero-order chi connectivity index (χ0) is 15.0. The highest BCUT2D eigenvalue weighted by Gasteiger charge is 2.39. The van der Waals surface area contributed by atoms with E-state index in [0.717, 1.165) is 19.4 Å². The summed E-state index contributed by atoms with van der Waals surface area (Å²) in [6.07, 6.45) is 2.69. The lowest BCUT2D eigenvalue weighted by Gasteiger charge is -2.15. The number of aromatic hydroxyl groups is 1. The van der Waals surface area contributed by atoms with Crippen molar-refractivity contribution in [3.05, 3.63) is 28.8 Å². The summed E-state index contributed by atoms with van der Waals surface area (Å²) in [5, 5.41) is 12.9. The summed E-state index contributed by atoms with van der Waals surface area (Å²) in [7, 11) is 0. The predicted octanol–water partition coefficient (Wildman–Crippen LogP) is 1.79. The maximum absolute atomic E-state index is 12.0. The normalized spacial score (nSPS) is 21.7. The molecule has 1 aliphatic carbocycles. The number of nitrogens with zero attached hydrogens (tertiary/aromatic N) is 1. The highest BCUT2D eigenvalue weighted by atomic mass is 35.5. The summed E-state index contributed by atoms with van der Waals surface area (Å²) < 4.78 is 0. The van der Waals surface area contributed by atoms with Crippen LogP contribution in [0.25, 0.3) is 0 Å². The van der Waals surface area contributed by atoms with Crippen LogP contribution in [0.1, 0.15) is 29.6 Å². The van der Waals surface area contributed by atoms with E-state index < -0.39 is 0 Å². The van der Waals surface area contributed by atoms with Crippen molar-refractivity contribution in [2.75, 3.05) is 13.1 Å². The van der Waals surface area contributed by atoms with E-state index in [-0.39, 0.29) is 29.0 Å². The SMILES string of the molecule is O=C(NC[C@@H]1CC(=O)N(C2CC2)C1)c1ccc(Cl)cc1O. The van der Waals surface area contributed by atoms with Gasteiger partial charge in [-0.15, -0.1) is 0 Å². The second kappa shape index (κ2) is 5.56. The van der Waals surface area contributed by atoms with Crippen LogP contribution < -0.4 is 5.32 Å². The molecule has 1 aliphatic heterocycles. The van der Waals surface area contributed by atoms with E-state index in [1.807, 2.05) is 4.90 Å². The topological polar surface area (TPSA) is 69.6 Å². The monoisotopic (exact) mass is 308 g/mol. The Morgan fingerprint density at radius 1 is 1.43 bits per heavy atom. The zero-order valence-electron chi connectivity index (χ0n) is 11.5. The van der Waals surface area contributed by atoms with Gasteiger partial charge in [-0.05, 0) is 31.0 Å². The number of phenols is 1. The van der Waals surface area contributed by atoms with Crippen molar-refractivity contribution in [3.8, 4) is 5.75 Å². The van der Waals surface area contributed by atoms with Gasteiger partial charge < -0.3 is 15.3 Å². The first kappa shape index (κ1) is 14.2. The summed E-state index contributed by atoms with van der Waals surface area (Å²) in [6.45, 7) is 1.16. The van der Waals surface area contributed by atoms with Crippen LogP contribution in [0, 0.1) is 5.92 Å². The molecular formula is C15H17ClN2O3. The first-order chi connectivity index (χ1) is 10.0. The lowest BCUT2D eigenvalue weighted by atomic mass is 10.1. The molecule has 21 heavy (non-hydrogen) atoms. The number of nitrogens with one attached hydrogen (secondary N) is 1. The molecule has 2 amide bonds. The molecule has 1 aromatic rings. The van der Waals surface area contributed by atoms with E-state index >= 15 is 0 Å². The maximum atomic E-state index is 12.0. The van der Waals surface area contributed by atoms with E-state index in [1.165, 1.54) is 12.1 Å². The van der Waals surface area contributed by atoms with Crippen molar-refractivity contribution in [3.63, 3.8) is 0 Å². The largest absolute Gasteiger partial charge is 0.507 e. The van der Waals surface area contributed by atoms with Crippen molar-refractivity contribution >= 4 is 23.4 Å². The molecule has 1 saturated heterocycles. The van der Waals surface area contributed by atoms with Crippen LogP contribution >= 0.6 is 11.6 Å². The van der Waals surface area contributed by atoms with Gasteiger partial charge in [-0.3, -0.25) is 9.59 Å². The summed E-state index contributed by atoms with van der Waals surface area (Å²) in [5.74, 6) is -0.147. The second-order valence-corrected chi connectivity index (χ2v) is 6.16. The van der Waals surface area contributed by atoms with E-state index in [2.05, 4.69) is 5.32 Å². The third-order valence-electron chi connectivity index (χ3n) is 3.98. The minimum absolute atomic E-state index is 0.137. The van der Waals surface area contributed by atoms with Gasteiger partial charge in [-0.2, -0.15) is 0 Å². The molecule has 0 spiro atoms. The summed E-state index contributed by atoms with van der Waals surface area (Å²) in [4.78, 5) is 25.8. The Hall–Kier alpha value is -1.75. The van der Waals surface area contributed by atoms with E-state index in [4.69, 9.17) is 11.6 Å². The first-order valence-corrected chi connectivity index (χ1v) is 7.48. The Balaban J connectivity index is 1.55. The standard InChI is InChI=1S/C15H17ClN2O3/c16-10-1-4-12(13(19)6-10)15(21)17-7-9-5-14(20)18(8-9)11-2-3-11/h1,4,6,9,11,19H,2-3,5,7-8H2,(H,17,21)/t9-/m0/s1. The third kappa shape index (κ3) is 3.13. The summed E-state index contributed by atoms with van der Waals surface area (Å²) >= 11 is 5.74. The molecule has 2 aliphatic rings. The van der Waals surface area contributed by atoms with Crippen LogP contribution in [0.2, 0.25) is 5.02 Å². The minimum Gasteiger partial charge on any atom is -0.507 e. The van der Waals surface area contributed by atoms with Crippen LogP contribution in [0.4, 0.5) is 0 Å². The molecule has 1 aromatic carbocycles. The minimum atomic E-state index is -0.346. The molecule has 0 radical (unpaired) electrons. The molecule has 0 aromatic heterocycles. The van der Waals surface area contributed by atoms with Gasteiger partial charge in [0.05, 0.1) is 5.56 Å². The third-order valence-corrected chi connectivity index (χ3v) is 4.22. The smallest absolute Gasteiger partial charge is 0.255 e. The molecule has 1 saturated carbocycles. The molecule has 0 unspecified atom stereocenters. The van der Waals surface area contributed by atoms with Crippen LogP contribution in [0.3, 0.4) is 0 Å². The molecule has 5 nitrogen and oxygen atoms in total. The molecule has 6 heteroatoms. The number of benzene rings is 1. The van der Waals surface area contributed by atoms with E-state index in [9.17, 15) is 14.7 Å². The van der Waals surface area contributed by atoms with Gasteiger partial charge in [0, 0.05) is 36.5 Å². The van der Waals surface area contributed by atoms with Crippen molar-refractivity contribution in [1.29, 1.82) is 0 Å². The number of carbonyl (C=O) groups excluding carboxylic acids is 2. The van der Waals surface area contributed by atoms with Crippen LogP contribution in [0.5, 0.6) is 5.75 Å². The number of phenolic OH excluding ortho intramolecular Hbond substituents is 1. The van der Waals surface area contributed by atoms with E-state index in [1.54, 1.807) is 6.07 Å². The quantitative estimate of drug-likeness (QED) is 0.891. The van der Waals surface area contributed by atoms with Crippen LogP contribution in [-0.2, 0) is 4.79 Å². The average Bonchev–Trinajstić information content (AvgIpc) is 3.20. The first-order valence-electron chi connectivity index (χ1n) is 7.11. The fourth-order valence-corrected chi connectivity index (χ4v) is 2.88. The Morgan fingerprint density at radius 3 is 2.86 bits per heavy atom. The summed E-state index contributed by atoms with van der Waals surface area (Å²) in [6, 6.07) is 4.82. The average molecular weight is 309 g/mol. The number of rotatable bonds is 4. The van der Waals surface area contributed by atoms with Gasteiger partial charge in [0.1, 0.15) is 5.75 Å². The fraction of sp³-hybridized carbons (Fsp3) is 0.467. The number of carbonyl (C=O) groups is 2. The number of amides is 2. The van der Waals surface area contributed by atoms with Gasteiger partial charge >= 0.3 is 0 Å². The number of hydrogen-bond donors (Lipinski definition) is 2. The second-order valence-electron chi connectivity index (χ2n) is 5.72. The molecule has 1 heterocycles. The Labute approximate surface area is 127 Å². The highest BCUT2D eigenvalue weighted by Crippen LogP contribution is 2.32. The number of halogens is 1. The predicted molar refractivity (Wildman–Crippen MR) is 78.3 cm³/mol. The molecule has 2 N–H and O–H groups in total. The van der Waals surface area contributed by atoms with Crippen LogP contribution in [-0.4, -0.2) is 41.0 Å². The molecule has 0 bridgehead atoms. The molecule has 2 fully saturated rings. The van der Waals surface area contributed by atoms with Crippen molar-refractivity contribution in [2.24, 2.45) is 5.92 Å². The van der Waals surface area contributed by atoms with Crippen LogP contribution in [0.15, 0.2) is 18.2 Å². The lowest BCUT2D eigenvalue weighted by Crippen LogP contribution is -2.32. The highest BCUT2D eigenvalue weighted by molar-refractivity contribution is 6.30. The van der Waals surface area contributed by atoms with Gasteiger partial charge in [0.15, 0.2) is 0 Å². The number of hydrogen-bond acceptors (Lipinski definition) is 3. The maximum Gasteiger partial charge on any atom is 0.255 e. The Kier molecular flexibility index (Phi) is 3.76. The van der Waals surface area contributed by atoms with Gasteiger partial charge in [0.25, 0.3) is 5.91 Å². The molecule has 3 rings (SSSR count). The Bertz CT molecular complexity index is 586. The molecule has 1 atom stereocenters. The number of likely N-dealkylation sites (tertiary alicyclic amines) is 1. The Morgan fingerprint density at radius 2 is 2.19 bits per heavy atom. The summed E-state index contributed by atoms with van der Waals surface area (Å²) in [5.41, 5.74) is 0.197. The van der Waals surface area contributed by atoms with Crippen molar-refractivity contribution in [2.45, 2.75) is 25.3 Å². The fourth-order valence-electron chi connectivity index (χ4n) is 2.71.